The van der Waals surface area contributed by atoms with Crippen LogP contribution in [0.4, 0.5) is 0 Å². The minimum absolute atomic E-state index is 0.142. The van der Waals surface area contributed by atoms with E-state index < -0.39 is 0 Å². The van der Waals surface area contributed by atoms with Gasteiger partial charge in [-0.25, -0.2) is 4.98 Å². The van der Waals surface area contributed by atoms with Crippen LogP contribution in [-0.2, 0) is 5.41 Å². The van der Waals surface area contributed by atoms with Gasteiger partial charge >= 0.3 is 0 Å². The number of imidazole rings is 1. The minimum atomic E-state index is 0.142. The Hall–Kier alpha value is -3.37. The third kappa shape index (κ3) is 4.38. The van der Waals surface area contributed by atoms with E-state index in [-0.39, 0.29) is 5.41 Å². The van der Waals surface area contributed by atoms with Crippen LogP contribution in [0.1, 0.15) is 62.4 Å². The Kier molecular flexibility index (Phi) is 6.37. The maximum atomic E-state index is 7.02. The van der Waals surface area contributed by atoms with E-state index in [1.165, 1.54) is 36.8 Å². The van der Waals surface area contributed by atoms with Gasteiger partial charge in [0.15, 0.2) is 0 Å². The number of fused-ring (bicyclic) bond motifs is 3. The van der Waals surface area contributed by atoms with Crippen LogP contribution in [0.5, 0.6) is 0 Å². The van der Waals surface area contributed by atoms with Crippen molar-refractivity contribution >= 4 is 17.0 Å². The predicted octanol–water partition coefficient (Wildman–Crippen LogP) is 5.09. The molecule has 3 fully saturated rings. The summed E-state index contributed by atoms with van der Waals surface area (Å²) in [5.74, 6) is 1.51. The zero-order valence-electron chi connectivity index (χ0n) is 21.8. The number of nitrogens with zero attached hydrogens (tertiary/aromatic N) is 6. The average Bonchev–Trinajstić information content (AvgIpc) is 3.39. The van der Waals surface area contributed by atoms with Gasteiger partial charge in [-0.15, -0.1) is 4.95 Å². The van der Waals surface area contributed by atoms with Crippen molar-refractivity contribution in [1.29, 1.82) is 0 Å². The summed E-state index contributed by atoms with van der Waals surface area (Å²) in [6, 6.07) is 21.5. The Morgan fingerprint density at radius 1 is 1.03 bits per heavy atom. The number of nitrogens with two attached hydrogens (primary N) is 1. The third-order valence-corrected chi connectivity index (χ3v) is 9.43. The van der Waals surface area contributed by atoms with Crippen molar-refractivity contribution in [3.05, 3.63) is 77.5 Å². The molecular formula is C30H37N7. The van der Waals surface area contributed by atoms with Gasteiger partial charge in [0.2, 0.25) is 0 Å². The molecule has 37 heavy (non-hydrogen) atoms. The molecular weight excluding hydrogens is 458 g/mol. The number of hydrogen-bond donors (Lipinski definition) is 1. The second kappa shape index (κ2) is 9.83. The lowest BCUT2D eigenvalue weighted by Gasteiger charge is -2.45. The van der Waals surface area contributed by atoms with Crippen LogP contribution in [0.25, 0.3) is 16.0 Å². The molecule has 7 nitrogen and oxygen atoms in total. The Morgan fingerprint density at radius 2 is 1.70 bits per heavy atom. The number of rotatable bonds is 5. The first-order valence-electron chi connectivity index (χ1n) is 13.8. The Labute approximate surface area is 219 Å². The summed E-state index contributed by atoms with van der Waals surface area (Å²) < 4.78 is 2.52. The van der Waals surface area contributed by atoms with Gasteiger partial charge in [-0.05, 0) is 81.5 Å². The topological polar surface area (TPSA) is 67.0 Å². The average molecular weight is 496 g/mol. The molecule has 2 bridgehead atoms. The van der Waals surface area contributed by atoms with E-state index in [0.29, 0.717) is 24.1 Å². The van der Waals surface area contributed by atoms with E-state index >= 15 is 0 Å². The number of hydrogen-bond acceptors (Lipinski definition) is 3. The van der Waals surface area contributed by atoms with Gasteiger partial charge in [-0.3, -0.25) is 4.90 Å². The smallest absolute Gasteiger partial charge is 0.277 e. The summed E-state index contributed by atoms with van der Waals surface area (Å²) in [4.78, 5) is 12.9. The lowest BCUT2D eigenvalue weighted by Crippen LogP contribution is -2.50. The van der Waals surface area contributed by atoms with Gasteiger partial charge < -0.3 is 15.2 Å². The number of likely N-dealkylation sites (tertiary alicyclic amines) is 1. The third-order valence-electron chi connectivity index (χ3n) is 9.43. The van der Waals surface area contributed by atoms with Crippen LogP contribution in [-0.4, -0.2) is 57.0 Å². The zero-order chi connectivity index (χ0) is 25.4. The highest BCUT2D eigenvalue weighted by atomic mass is 15.3. The summed E-state index contributed by atoms with van der Waals surface area (Å²) in [7, 11) is 0. The Balaban J connectivity index is 1.18. The number of benzene rings is 2. The van der Waals surface area contributed by atoms with Crippen molar-refractivity contribution in [3.8, 4) is 0 Å². The number of aromatic nitrogens is 2. The van der Waals surface area contributed by atoms with Crippen molar-refractivity contribution in [2.24, 2.45) is 10.8 Å². The van der Waals surface area contributed by atoms with Gasteiger partial charge in [0, 0.05) is 31.2 Å². The fourth-order valence-corrected chi connectivity index (χ4v) is 7.54. The highest BCUT2D eigenvalue weighted by Gasteiger charge is 2.44. The summed E-state index contributed by atoms with van der Waals surface area (Å²) in [6.45, 7) is 12.0. The number of piperidine rings is 2. The second-order valence-corrected chi connectivity index (χ2v) is 11.2. The standard InChI is InChI=1S/C30H37N7/c1-22-33-27-10-6-7-11-28(27)37(22)26-20-24-12-13-25(21-26)36(24)19-16-30(23-8-4-3-5-9-23)14-17-35(18-15-30)29(31)34-32-2/h3-11,24-26H,12-21H2,1H3,(H2,31,34)/t24-,25+,26?. The second-order valence-electron chi connectivity index (χ2n) is 11.2. The molecule has 0 saturated carbocycles. The lowest BCUT2D eigenvalue weighted by atomic mass is 9.70. The fraction of sp³-hybridized carbons (Fsp3) is 0.500. The van der Waals surface area contributed by atoms with E-state index in [1.807, 2.05) is 0 Å². The SMILES string of the molecule is [C-]#[N+]N=C(N)N1CCC(CCN2[C@@H]3CC[C@H]2CC(n2c(C)nc4ccccc42)C3)(c2ccccc2)CC1. The molecule has 7 heteroatoms. The van der Waals surface area contributed by atoms with Crippen LogP contribution in [0.3, 0.4) is 0 Å². The number of para-hydroxylation sites is 2. The van der Waals surface area contributed by atoms with Crippen LogP contribution in [0.15, 0.2) is 59.7 Å². The first kappa shape index (κ1) is 24.0. The molecule has 3 aliphatic rings. The van der Waals surface area contributed by atoms with Crippen LogP contribution in [0, 0.1) is 13.5 Å². The maximum absolute atomic E-state index is 7.02. The molecule has 4 heterocycles. The van der Waals surface area contributed by atoms with Crippen LogP contribution >= 0.6 is 0 Å². The molecule has 0 radical (unpaired) electrons. The molecule has 2 aromatic carbocycles. The quantitative estimate of drug-likeness (QED) is 0.232. The summed E-state index contributed by atoms with van der Waals surface area (Å²) in [5, 5.41) is 3.77. The molecule has 192 valence electrons. The molecule has 0 aliphatic carbocycles. The van der Waals surface area contributed by atoms with Gasteiger partial charge in [-0.1, -0.05) is 42.5 Å². The lowest BCUT2D eigenvalue weighted by molar-refractivity contribution is 0.0888. The molecule has 1 aromatic heterocycles. The minimum Gasteiger partial charge on any atom is -0.364 e. The van der Waals surface area contributed by atoms with Crippen molar-refractivity contribution in [2.75, 3.05) is 19.6 Å². The summed E-state index contributed by atoms with van der Waals surface area (Å²) in [6.07, 6.45) is 8.29. The highest BCUT2D eigenvalue weighted by molar-refractivity contribution is 5.78. The molecule has 3 aliphatic heterocycles. The molecule has 1 unspecified atom stereocenters. The molecule has 0 spiro atoms. The highest BCUT2D eigenvalue weighted by Crippen LogP contribution is 2.45. The molecule has 0 amide bonds. The first-order chi connectivity index (χ1) is 18.1. The van der Waals surface area contributed by atoms with E-state index in [4.69, 9.17) is 17.3 Å². The summed E-state index contributed by atoms with van der Waals surface area (Å²) in [5.41, 5.74) is 10.1. The summed E-state index contributed by atoms with van der Waals surface area (Å²) >= 11 is 0. The van der Waals surface area contributed by atoms with Gasteiger partial charge in [0.1, 0.15) is 10.9 Å². The van der Waals surface area contributed by atoms with Crippen molar-refractivity contribution in [3.63, 3.8) is 0 Å². The van der Waals surface area contributed by atoms with Crippen LogP contribution in [0.2, 0.25) is 0 Å². The molecule has 6 rings (SSSR count). The van der Waals surface area contributed by atoms with E-state index in [9.17, 15) is 0 Å². The van der Waals surface area contributed by atoms with Crippen molar-refractivity contribution < 1.29 is 0 Å². The monoisotopic (exact) mass is 495 g/mol. The Morgan fingerprint density at radius 3 is 2.41 bits per heavy atom. The zero-order valence-corrected chi connectivity index (χ0v) is 21.8. The van der Waals surface area contributed by atoms with Crippen LogP contribution < -0.4 is 5.73 Å². The van der Waals surface area contributed by atoms with E-state index in [2.05, 4.69) is 85.9 Å². The maximum Gasteiger partial charge on any atom is 0.277 e. The largest absolute Gasteiger partial charge is 0.364 e. The molecule has 3 saturated heterocycles. The van der Waals surface area contributed by atoms with Crippen molar-refractivity contribution in [2.45, 2.75) is 75.4 Å². The number of guanidine groups is 1. The fourth-order valence-electron chi connectivity index (χ4n) is 7.54. The molecule has 2 N–H and O–H groups in total. The predicted molar refractivity (Wildman–Crippen MR) is 148 cm³/mol. The van der Waals surface area contributed by atoms with Gasteiger partial charge in [0.25, 0.3) is 5.96 Å². The first-order valence-corrected chi connectivity index (χ1v) is 13.8. The number of aryl methyl sites for hydroxylation is 1. The molecule has 3 aromatic rings. The normalized spacial score (nSPS) is 25.9. The van der Waals surface area contributed by atoms with Gasteiger partial charge in [0.05, 0.1) is 11.0 Å². The van der Waals surface area contributed by atoms with E-state index in [0.717, 1.165) is 50.2 Å². The molecule has 3 atom stereocenters. The Bertz CT molecular complexity index is 1300. The van der Waals surface area contributed by atoms with Crippen molar-refractivity contribution in [1.82, 2.24) is 19.4 Å². The van der Waals surface area contributed by atoms with Gasteiger partial charge in [-0.2, -0.15) is 6.57 Å². The van der Waals surface area contributed by atoms with E-state index in [1.54, 1.807) is 0 Å².